The van der Waals surface area contributed by atoms with Crippen molar-refractivity contribution in [1.82, 2.24) is 40.2 Å². The van der Waals surface area contributed by atoms with Crippen LogP contribution in [0.25, 0.3) is 34.2 Å². The minimum atomic E-state index is -0.634. The maximum atomic E-state index is 13.0. The van der Waals surface area contributed by atoms with E-state index in [1.54, 1.807) is 58.4 Å². The Morgan fingerprint density at radius 3 is 1.43 bits per heavy atom. The number of aromatic nitrogens is 6. The van der Waals surface area contributed by atoms with E-state index in [1.165, 1.54) is 0 Å². The lowest BCUT2D eigenvalue weighted by atomic mass is 10.1. The van der Waals surface area contributed by atoms with Crippen molar-refractivity contribution in [2.24, 2.45) is 0 Å². The number of rotatable bonds is 14. The molecule has 0 unspecified atom stereocenters. The third-order valence-corrected chi connectivity index (χ3v) is 9.47. The summed E-state index contributed by atoms with van der Waals surface area (Å²) in [4.78, 5) is 46.2. The third kappa shape index (κ3) is 10.4. The fraction of sp³-hybridized carbons (Fsp3) is 0.104. The zero-order valence-corrected chi connectivity index (χ0v) is 32.5. The van der Waals surface area contributed by atoms with Crippen LogP contribution in [0.3, 0.4) is 0 Å². The van der Waals surface area contributed by atoms with E-state index in [-0.39, 0.29) is 18.4 Å². The molecule has 0 radical (unpaired) electrons. The summed E-state index contributed by atoms with van der Waals surface area (Å²) >= 11 is 0. The summed E-state index contributed by atoms with van der Waals surface area (Å²) in [6, 6.07) is 48.4. The number of aliphatic hydroxyl groups is 1. The number of aliphatic hydroxyl groups excluding tert-OH is 1. The average Bonchev–Trinajstić information content (AvgIpc) is 4.02. The molecule has 12 heteroatoms. The molecule has 0 bridgehead atoms. The summed E-state index contributed by atoms with van der Waals surface area (Å²) < 4.78 is 3.17. The third-order valence-electron chi connectivity index (χ3n) is 9.47. The van der Waals surface area contributed by atoms with Crippen molar-refractivity contribution in [3.63, 3.8) is 0 Å². The molecule has 0 spiro atoms. The second kappa shape index (κ2) is 20.0. The second-order valence-corrected chi connectivity index (χ2v) is 13.7. The van der Waals surface area contributed by atoms with Crippen molar-refractivity contribution in [2.75, 3.05) is 6.61 Å². The lowest BCUT2D eigenvalue weighted by Gasteiger charge is -2.17. The van der Waals surface area contributed by atoms with Crippen LogP contribution in [0.4, 0.5) is 0 Å². The Hall–Kier alpha value is -7.83. The fourth-order valence-electron chi connectivity index (χ4n) is 6.49. The number of carbonyl (C=O) groups excluding carboxylic acids is 3. The molecular weight excluding hydrogens is 753 g/mol. The van der Waals surface area contributed by atoms with Gasteiger partial charge in [-0.25, -0.2) is 19.3 Å². The Morgan fingerprint density at radius 2 is 0.983 bits per heavy atom. The molecule has 4 aromatic heterocycles. The van der Waals surface area contributed by atoms with Gasteiger partial charge in [-0.2, -0.15) is 10.2 Å². The lowest BCUT2D eigenvalue weighted by molar-refractivity contribution is -0.109. The van der Waals surface area contributed by atoms with Gasteiger partial charge in [0.25, 0.3) is 11.8 Å². The van der Waals surface area contributed by atoms with Gasteiger partial charge in [-0.3, -0.25) is 9.59 Å². The first-order chi connectivity index (χ1) is 29.5. The molecule has 0 aliphatic carbocycles. The van der Waals surface area contributed by atoms with Gasteiger partial charge in [0, 0.05) is 35.9 Å². The Labute approximate surface area is 347 Å². The second-order valence-electron chi connectivity index (χ2n) is 13.7. The molecule has 4 aromatic carbocycles. The molecule has 0 aliphatic heterocycles. The topological polar surface area (TPSA) is 157 Å². The molecular formula is C48H42N8O4. The number of carbonyl (C=O) groups is 3. The van der Waals surface area contributed by atoms with Gasteiger partial charge in [-0.15, -0.1) is 0 Å². The number of pyridine rings is 2. The minimum absolute atomic E-state index is 0.157. The normalized spacial score (nSPS) is 11.7. The van der Waals surface area contributed by atoms with Gasteiger partial charge in [0.05, 0.1) is 41.2 Å². The molecule has 2 amide bonds. The highest BCUT2D eigenvalue weighted by molar-refractivity contribution is 5.98. The largest absolute Gasteiger partial charge is 0.394 e. The number of amides is 2. The van der Waals surface area contributed by atoms with E-state index in [9.17, 15) is 19.5 Å². The van der Waals surface area contributed by atoms with Crippen LogP contribution in [0.2, 0.25) is 0 Å². The van der Waals surface area contributed by atoms with Crippen molar-refractivity contribution in [1.29, 1.82) is 0 Å². The van der Waals surface area contributed by atoms with E-state index in [0.29, 0.717) is 35.6 Å². The van der Waals surface area contributed by atoms with Gasteiger partial charge in [-0.1, -0.05) is 121 Å². The van der Waals surface area contributed by atoms with Gasteiger partial charge in [0.1, 0.15) is 6.29 Å². The van der Waals surface area contributed by atoms with E-state index in [4.69, 9.17) is 0 Å². The molecule has 0 fully saturated rings. The molecule has 3 N–H and O–H groups in total. The molecule has 60 heavy (non-hydrogen) atoms. The molecule has 0 saturated heterocycles. The molecule has 8 rings (SSSR count). The number of aldehydes is 1. The predicted molar refractivity (Wildman–Crippen MR) is 230 cm³/mol. The molecule has 2 atom stereocenters. The van der Waals surface area contributed by atoms with Crippen molar-refractivity contribution in [2.45, 2.75) is 24.9 Å². The van der Waals surface area contributed by atoms with Crippen LogP contribution in [0.5, 0.6) is 0 Å². The Morgan fingerprint density at radius 1 is 0.550 bits per heavy atom. The van der Waals surface area contributed by atoms with Crippen LogP contribution in [0.15, 0.2) is 183 Å². The first-order valence-electron chi connectivity index (χ1n) is 19.4. The Balaban J connectivity index is 0.000000181. The van der Waals surface area contributed by atoms with E-state index in [0.717, 1.165) is 39.9 Å². The van der Waals surface area contributed by atoms with Crippen LogP contribution < -0.4 is 10.6 Å². The SMILES string of the molecule is O=C(N[C@H](CO)Cc1ccccc1)c1cccnc1-n1ccc(-c2ccccc2)n1.O=C[C@H](Cc1ccccc1)NC(=O)c1cccnc1-n1ccc(-c2ccccc2)n1. The Bertz CT molecular complexity index is 2620. The van der Waals surface area contributed by atoms with Crippen molar-refractivity contribution in [3.8, 4) is 34.2 Å². The van der Waals surface area contributed by atoms with Crippen LogP contribution in [0.1, 0.15) is 31.8 Å². The zero-order valence-electron chi connectivity index (χ0n) is 32.5. The fourth-order valence-corrected chi connectivity index (χ4v) is 6.49. The Kier molecular flexibility index (Phi) is 13.5. The van der Waals surface area contributed by atoms with E-state index in [1.807, 2.05) is 133 Å². The van der Waals surface area contributed by atoms with E-state index < -0.39 is 12.1 Å². The van der Waals surface area contributed by atoms with E-state index >= 15 is 0 Å². The predicted octanol–water partition coefficient (Wildman–Crippen LogP) is 6.74. The van der Waals surface area contributed by atoms with Crippen molar-refractivity contribution in [3.05, 3.63) is 205 Å². The van der Waals surface area contributed by atoms with Crippen LogP contribution in [-0.4, -0.2) is 71.4 Å². The van der Waals surface area contributed by atoms with Gasteiger partial charge < -0.3 is 20.5 Å². The molecule has 0 saturated carbocycles. The highest BCUT2D eigenvalue weighted by atomic mass is 16.3. The lowest BCUT2D eigenvalue weighted by Crippen LogP contribution is -2.39. The molecule has 8 aromatic rings. The number of hydrogen-bond acceptors (Lipinski definition) is 8. The molecule has 298 valence electrons. The van der Waals surface area contributed by atoms with E-state index in [2.05, 4.69) is 30.8 Å². The summed E-state index contributed by atoms with van der Waals surface area (Å²) in [6.07, 6.45) is 8.50. The number of benzene rings is 4. The quantitative estimate of drug-likeness (QED) is 0.102. The van der Waals surface area contributed by atoms with Gasteiger partial charge >= 0.3 is 0 Å². The first kappa shape index (κ1) is 40.4. The molecule has 4 heterocycles. The average molecular weight is 795 g/mol. The summed E-state index contributed by atoms with van der Waals surface area (Å²) in [5, 5.41) is 24.6. The van der Waals surface area contributed by atoms with Gasteiger partial charge in [-0.05, 0) is 60.4 Å². The van der Waals surface area contributed by atoms with Crippen LogP contribution in [-0.2, 0) is 17.6 Å². The summed E-state index contributed by atoms with van der Waals surface area (Å²) in [7, 11) is 0. The first-order valence-corrected chi connectivity index (χ1v) is 19.4. The smallest absolute Gasteiger partial charge is 0.255 e. The number of hydrogen-bond donors (Lipinski definition) is 3. The summed E-state index contributed by atoms with van der Waals surface area (Å²) in [5.41, 5.74) is 6.30. The zero-order chi connectivity index (χ0) is 41.5. The molecule has 0 aliphatic rings. The highest BCUT2D eigenvalue weighted by Gasteiger charge is 2.20. The number of nitrogens with one attached hydrogen (secondary N) is 2. The maximum absolute atomic E-state index is 13.0. The monoisotopic (exact) mass is 794 g/mol. The highest BCUT2D eigenvalue weighted by Crippen LogP contribution is 2.21. The minimum Gasteiger partial charge on any atom is -0.394 e. The van der Waals surface area contributed by atoms with Gasteiger partial charge in [0.15, 0.2) is 11.6 Å². The van der Waals surface area contributed by atoms with Crippen molar-refractivity contribution < 1.29 is 19.5 Å². The van der Waals surface area contributed by atoms with Crippen molar-refractivity contribution >= 4 is 18.1 Å². The van der Waals surface area contributed by atoms with Crippen LogP contribution in [0, 0.1) is 0 Å². The standard InChI is InChI=1S/C24H22N4O2.C24H20N4O2/c2*29-17-20(16-18-8-3-1-4-9-18)26-24(30)21-12-7-14-25-23(21)28-15-13-22(27-28)19-10-5-2-6-11-19/h1-15,20,29H,16-17H2,(H,26,30);1-15,17,20H,16H2,(H,26,30)/t2*20-/m00/s1. The summed E-state index contributed by atoms with van der Waals surface area (Å²) in [5.74, 6) is 0.169. The molecule has 12 nitrogen and oxygen atoms in total. The van der Waals surface area contributed by atoms with Gasteiger partial charge in [0.2, 0.25) is 0 Å². The van der Waals surface area contributed by atoms with Crippen LogP contribution >= 0.6 is 0 Å². The number of nitrogens with zero attached hydrogens (tertiary/aromatic N) is 6. The summed E-state index contributed by atoms with van der Waals surface area (Å²) in [6.45, 7) is -0.157. The maximum Gasteiger partial charge on any atom is 0.255 e.